The van der Waals surface area contributed by atoms with Crippen molar-refractivity contribution in [2.24, 2.45) is 5.73 Å². The minimum atomic E-state index is -0.710. The fourth-order valence-electron chi connectivity index (χ4n) is 5.22. The van der Waals surface area contributed by atoms with Gasteiger partial charge >= 0.3 is 0 Å². The molecule has 12 nitrogen and oxygen atoms in total. The summed E-state index contributed by atoms with van der Waals surface area (Å²) in [5.74, 6) is -1.37. The molecule has 10 N–H and O–H groups in total. The second-order valence-corrected chi connectivity index (χ2v) is 12.0. The third kappa shape index (κ3) is 10.1. The Morgan fingerprint density at radius 2 is 1.57 bits per heavy atom. The number of nitrogens with two attached hydrogens (primary N) is 3. The zero-order valence-corrected chi connectivity index (χ0v) is 27.5. The van der Waals surface area contributed by atoms with E-state index in [-0.39, 0.29) is 34.3 Å². The number of aryl methyl sites for hydroxylation is 2. The van der Waals surface area contributed by atoms with Crippen LogP contribution >= 0.6 is 11.6 Å². The normalized spacial score (nSPS) is 11.8. The molecule has 1 aromatic heterocycles. The van der Waals surface area contributed by atoms with Crippen LogP contribution in [0.25, 0.3) is 10.8 Å². The summed E-state index contributed by atoms with van der Waals surface area (Å²) in [4.78, 5) is 35.2. The number of aromatic nitrogens is 2. The number of anilines is 3. The molecule has 3 aromatic carbocycles. The van der Waals surface area contributed by atoms with Gasteiger partial charge in [0.2, 0.25) is 5.91 Å². The van der Waals surface area contributed by atoms with Gasteiger partial charge < -0.3 is 32.7 Å². The molecule has 0 unspecified atom stereocenters. The van der Waals surface area contributed by atoms with Crippen molar-refractivity contribution in [2.75, 3.05) is 44.0 Å². The van der Waals surface area contributed by atoms with E-state index >= 15 is 0 Å². The van der Waals surface area contributed by atoms with Crippen molar-refractivity contribution in [3.8, 4) is 0 Å². The van der Waals surface area contributed by atoms with Crippen LogP contribution < -0.4 is 33.2 Å². The Kier molecular flexibility index (Phi) is 12.5. The SMILES string of the molecule is CN(C)CCCc1ccc(NC(=O)[C@@H](N)Cc2ccc(CCCCNC(=N)NC(=O)c3nc(Cl)c(N)nc3N)c3ccccc23)cc1. The van der Waals surface area contributed by atoms with Gasteiger partial charge in [0.25, 0.3) is 5.91 Å². The maximum atomic E-state index is 13.0. The number of unbranched alkanes of at least 4 members (excludes halogenated alkanes) is 1. The second kappa shape index (κ2) is 16.7. The quantitative estimate of drug-likeness (QED) is 0.0599. The fourth-order valence-corrected chi connectivity index (χ4v) is 5.34. The number of hydrogen-bond donors (Lipinski definition) is 7. The molecule has 0 aliphatic rings. The highest BCUT2D eigenvalue weighted by Gasteiger charge is 2.18. The molecule has 0 radical (unpaired) electrons. The van der Waals surface area contributed by atoms with Crippen LogP contribution in [0.3, 0.4) is 0 Å². The Balaban J connectivity index is 1.26. The molecule has 4 rings (SSSR count). The van der Waals surface area contributed by atoms with E-state index in [1.165, 1.54) is 11.1 Å². The summed E-state index contributed by atoms with van der Waals surface area (Å²) >= 11 is 5.84. The monoisotopic (exact) mass is 658 g/mol. The molecule has 0 fully saturated rings. The van der Waals surface area contributed by atoms with Gasteiger partial charge in [0, 0.05) is 12.2 Å². The van der Waals surface area contributed by atoms with Crippen LogP contribution in [0.2, 0.25) is 5.15 Å². The van der Waals surface area contributed by atoms with Gasteiger partial charge in [-0.05, 0) is 98.8 Å². The van der Waals surface area contributed by atoms with E-state index in [9.17, 15) is 9.59 Å². The van der Waals surface area contributed by atoms with Crippen molar-refractivity contribution in [3.05, 3.63) is 88.2 Å². The molecule has 13 heteroatoms. The lowest BCUT2D eigenvalue weighted by molar-refractivity contribution is -0.117. The molecule has 4 aromatic rings. The molecule has 0 aliphatic heterocycles. The van der Waals surface area contributed by atoms with Crippen molar-refractivity contribution >= 4 is 57.5 Å². The second-order valence-electron chi connectivity index (χ2n) is 11.7. The number of hydrogen-bond acceptors (Lipinski definition) is 9. The largest absolute Gasteiger partial charge is 0.382 e. The smallest absolute Gasteiger partial charge is 0.280 e. The van der Waals surface area contributed by atoms with Crippen LogP contribution in [0.15, 0.2) is 60.7 Å². The summed E-state index contributed by atoms with van der Waals surface area (Å²) < 4.78 is 0. The summed E-state index contributed by atoms with van der Waals surface area (Å²) in [7, 11) is 4.14. The first-order valence-corrected chi connectivity index (χ1v) is 15.9. The zero-order chi connectivity index (χ0) is 33.9. The molecule has 0 saturated carbocycles. The number of guanidine groups is 1. The first-order chi connectivity index (χ1) is 22.5. The maximum Gasteiger partial charge on any atom is 0.280 e. The van der Waals surface area contributed by atoms with Crippen LogP contribution in [0, 0.1) is 5.41 Å². The Labute approximate surface area is 280 Å². The molecule has 1 atom stereocenters. The average Bonchev–Trinajstić information content (AvgIpc) is 3.04. The van der Waals surface area contributed by atoms with Gasteiger partial charge in [0.1, 0.15) is 0 Å². The van der Waals surface area contributed by atoms with Gasteiger partial charge in [-0.25, -0.2) is 9.97 Å². The first kappa shape index (κ1) is 35.1. The summed E-state index contributed by atoms with van der Waals surface area (Å²) in [6, 6.07) is 19.5. The minimum Gasteiger partial charge on any atom is -0.382 e. The van der Waals surface area contributed by atoms with Crippen LogP contribution in [0.5, 0.6) is 0 Å². The van der Waals surface area contributed by atoms with Gasteiger partial charge in [0.05, 0.1) is 6.04 Å². The number of nitrogens with zero attached hydrogens (tertiary/aromatic N) is 3. The number of nitrogens with one attached hydrogen (secondary N) is 4. The molecular formula is C34H43ClN10O2. The molecule has 248 valence electrons. The molecule has 2 amide bonds. The standard InChI is InChI=1S/C34H43ClN10O2/c1-45(2)19-7-8-21-12-16-24(17-13-21)41-32(46)27(36)20-23-15-14-22(25-10-3-4-11-26(23)25)9-5-6-18-40-34(39)44-33(47)28-30(37)43-31(38)29(35)42-28/h3-4,10-17,27H,5-9,18-20,36H2,1-2H3,(H,41,46)(H4,37,38,43)(H3,39,40,44,47)/t27-/m0/s1. The van der Waals surface area contributed by atoms with E-state index in [2.05, 4.69) is 69.2 Å². The summed E-state index contributed by atoms with van der Waals surface area (Å²) in [5.41, 5.74) is 21.6. The highest BCUT2D eigenvalue weighted by molar-refractivity contribution is 6.31. The van der Waals surface area contributed by atoms with Gasteiger partial charge in [-0.15, -0.1) is 0 Å². The minimum absolute atomic E-state index is 0.0775. The van der Waals surface area contributed by atoms with Crippen LogP contribution in [0.1, 0.15) is 46.4 Å². The number of benzene rings is 3. The van der Waals surface area contributed by atoms with Crippen LogP contribution in [0.4, 0.5) is 17.3 Å². The Morgan fingerprint density at radius 3 is 2.28 bits per heavy atom. The number of nitrogen functional groups attached to an aromatic ring is 2. The molecule has 0 bridgehead atoms. The number of rotatable bonds is 14. The Hall–Kier alpha value is -4.78. The van der Waals surface area contributed by atoms with E-state index in [1.54, 1.807) is 0 Å². The van der Waals surface area contributed by atoms with E-state index in [1.807, 2.05) is 36.4 Å². The van der Waals surface area contributed by atoms with Gasteiger partial charge in [0.15, 0.2) is 28.4 Å². The van der Waals surface area contributed by atoms with Gasteiger partial charge in [-0.1, -0.05) is 60.1 Å². The molecule has 0 saturated heterocycles. The van der Waals surface area contributed by atoms with Crippen molar-refractivity contribution in [2.45, 2.75) is 44.6 Å². The lowest BCUT2D eigenvalue weighted by Gasteiger charge is -2.16. The predicted molar refractivity (Wildman–Crippen MR) is 190 cm³/mol. The predicted octanol–water partition coefficient (Wildman–Crippen LogP) is 3.73. The number of carbonyl (C=O) groups is 2. The van der Waals surface area contributed by atoms with Crippen molar-refractivity contribution < 1.29 is 9.59 Å². The summed E-state index contributed by atoms with van der Waals surface area (Å²) in [6.45, 7) is 1.51. The summed E-state index contributed by atoms with van der Waals surface area (Å²) in [5, 5.41) is 18.3. The van der Waals surface area contributed by atoms with E-state index < -0.39 is 11.9 Å². The molecule has 1 heterocycles. The summed E-state index contributed by atoms with van der Waals surface area (Å²) in [6.07, 6.45) is 4.90. The molecule has 47 heavy (non-hydrogen) atoms. The molecule has 0 aliphatic carbocycles. The van der Waals surface area contributed by atoms with Crippen molar-refractivity contribution in [3.63, 3.8) is 0 Å². The van der Waals surface area contributed by atoms with Crippen molar-refractivity contribution in [1.82, 2.24) is 25.5 Å². The Bertz CT molecular complexity index is 1710. The number of halogens is 1. The van der Waals surface area contributed by atoms with Gasteiger partial charge in [-0.3, -0.25) is 20.3 Å². The highest BCUT2D eigenvalue weighted by Crippen LogP contribution is 2.25. The number of carbonyl (C=O) groups excluding carboxylic acids is 2. The highest BCUT2D eigenvalue weighted by atomic mass is 35.5. The lowest BCUT2D eigenvalue weighted by Crippen LogP contribution is -2.41. The van der Waals surface area contributed by atoms with E-state index in [4.69, 9.17) is 34.2 Å². The number of fused-ring (bicyclic) bond motifs is 1. The van der Waals surface area contributed by atoms with Crippen LogP contribution in [-0.2, 0) is 24.1 Å². The molecular weight excluding hydrogens is 616 g/mol. The fraction of sp³-hybridized carbons (Fsp3) is 0.324. The Morgan fingerprint density at radius 1 is 0.894 bits per heavy atom. The van der Waals surface area contributed by atoms with Crippen LogP contribution in [-0.4, -0.2) is 65.9 Å². The topological polar surface area (TPSA) is 201 Å². The van der Waals surface area contributed by atoms with Gasteiger partial charge in [-0.2, -0.15) is 0 Å². The maximum absolute atomic E-state index is 13.0. The van der Waals surface area contributed by atoms with E-state index in [0.29, 0.717) is 13.0 Å². The van der Waals surface area contributed by atoms with E-state index in [0.717, 1.165) is 60.7 Å². The average molecular weight is 659 g/mol. The zero-order valence-electron chi connectivity index (χ0n) is 26.8. The number of amides is 2. The third-order valence-electron chi connectivity index (χ3n) is 7.71. The molecule has 0 spiro atoms. The third-order valence-corrected chi connectivity index (χ3v) is 7.98. The van der Waals surface area contributed by atoms with Crippen molar-refractivity contribution in [1.29, 1.82) is 5.41 Å². The lowest BCUT2D eigenvalue weighted by atomic mass is 9.93. The first-order valence-electron chi connectivity index (χ1n) is 15.5.